The molecule has 0 N–H and O–H groups in total. The monoisotopic (exact) mass is 322 g/mol. The summed E-state index contributed by atoms with van der Waals surface area (Å²) in [5, 5.41) is 0.0475. The first-order valence-corrected chi connectivity index (χ1v) is 6.59. The molecular formula is C12H13BrF2O3. The zero-order valence-electron chi connectivity index (χ0n) is 9.84. The Morgan fingerprint density at radius 1 is 1.33 bits per heavy atom. The van der Waals surface area contributed by atoms with Gasteiger partial charge in [-0.15, -0.1) is 0 Å². The number of rotatable bonds is 5. The van der Waals surface area contributed by atoms with Gasteiger partial charge in [0.1, 0.15) is 17.4 Å². The van der Waals surface area contributed by atoms with Crippen LogP contribution in [-0.2, 0) is 10.1 Å². The molecule has 0 saturated heterocycles. The third-order valence-electron chi connectivity index (χ3n) is 2.17. The summed E-state index contributed by atoms with van der Waals surface area (Å²) in [5.74, 6) is -1.76. The summed E-state index contributed by atoms with van der Waals surface area (Å²) in [6, 6.07) is 1.89. The molecule has 0 amide bonds. The number of alkyl halides is 1. The number of carbonyl (C=O) groups is 1. The molecule has 0 aliphatic heterocycles. The van der Waals surface area contributed by atoms with Gasteiger partial charge < -0.3 is 9.47 Å². The first-order valence-electron chi connectivity index (χ1n) is 5.47. The van der Waals surface area contributed by atoms with E-state index in [2.05, 4.69) is 20.7 Å². The Labute approximate surface area is 112 Å². The van der Waals surface area contributed by atoms with E-state index in [0.29, 0.717) is 6.42 Å². The van der Waals surface area contributed by atoms with Gasteiger partial charge in [0.15, 0.2) is 0 Å². The first kappa shape index (κ1) is 14.9. The van der Waals surface area contributed by atoms with Crippen LogP contribution in [-0.4, -0.2) is 12.8 Å². The molecule has 0 radical (unpaired) electrons. The largest absolute Gasteiger partial charge is 0.513 e. The van der Waals surface area contributed by atoms with Crippen LogP contribution in [0.1, 0.15) is 25.3 Å². The first-order chi connectivity index (χ1) is 8.58. The molecule has 100 valence electrons. The highest BCUT2D eigenvalue weighted by molar-refractivity contribution is 9.08. The molecule has 0 bridgehead atoms. The normalized spacial score (nSPS) is 10.2. The quantitative estimate of drug-likeness (QED) is 0.353. The van der Waals surface area contributed by atoms with Crippen LogP contribution in [0.2, 0.25) is 0 Å². The number of ether oxygens (including phenoxy) is 2. The molecule has 0 aliphatic rings. The standard InChI is InChI=1S/C12H13BrF2O3/c1-2-3-4-17-12(16)18-8-5-10(14)9(7-13)11(15)6-8/h5-6H,2-4,7H2,1H3. The number of hydrogen-bond acceptors (Lipinski definition) is 3. The van der Waals surface area contributed by atoms with Crippen molar-refractivity contribution in [1.29, 1.82) is 0 Å². The van der Waals surface area contributed by atoms with Crippen molar-refractivity contribution in [3.8, 4) is 5.75 Å². The van der Waals surface area contributed by atoms with Crippen LogP contribution >= 0.6 is 15.9 Å². The number of unbranched alkanes of at least 4 members (excludes halogenated alkanes) is 1. The van der Waals surface area contributed by atoms with Crippen LogP contribution in [0.5, 0.6) is 5.75 Å². The topological polar surface area (TPSA) is 35.5 Å². The molecule has 3 nitrogen and oxygen atoms in total. The van der Waals surface area contributed by atoms with Crippen LogP contribution in [0.15, 0.2) is 12.1 Å². The van der Waals surface area contributed by atoms with Gasteiger partial charge in [-0.1, -0.05) is 29.3 Å². The molecule has 0 spiro atoms. The number of carbonyl (C=O) groups excluding carboxylic acids is 1. The lowest BCUT2D eigenvalue weighted by atomic mass is 10.2. The van der Waals surface area contributed by atoms with Crippen molar-refractivity contribution in [1.82, 2.24) is 0 Å². The SMILES string of the molecule is CCCCOC(=O)Oc1cc(F)c(CBr)c(F)c1. The summed E-state index contributed by atoms with van der Waals surface area (Å²) in [6.07, 6.45) is 0.616. The Morgan fingerprint density at radius 2 is 1.94 bits per heavy atom. The van der Waals surface area contributed by atoms with Crippen LogP contribution in [0, 0.1) is 11.6 Å². The maximum Gasteiger partial charge on any atom is 0.513 e. The average molecular weight is 323 g/mol. The second-order valence-electron chi connectivity index (χ2n) is 3.55. The predicted octanol–water partition coefficient (Wildman–Crippen LogP) is 4.18. The van der Waals surface area contributed by atoms with Crippen molar-refractivity contribution >= 4 is 22.1 Å². The molecule has 0 aromatic heterocycles. The van der Waals surface area contributed by atoms with E-state index in [1.165, 1.54) is 0 Å². The van der Waals surface area contributed by atoms with E-state index in [-0.39, 0.29) is 23.2 Å². The third kappa shape index (κ3) is 4.25. The van der Waals surface area contributed by atoms with E-state index in [1.807, 2.05) is 6.92 Å². The molecule has 0 fully saturated rings. The van der Waals surface area contributed by atoms with E-state index < -0.39 is 17.8 Å². The molecule has 18 heavy (non-hydrogen) atoms. The Kier molecular flexibility index (Phi) is 6.04. The van der Waals surface area contributed by atoms with E-state index in [4.69, 9.17) is 4.74 Å². The molecule has 6 heteroatoms. The zero-order chi connectivity index (χ0) is 13.5. The second-order valence-corrected chi connectivity index (χ2v) is 4.11. The Morgan fingerprint density at radius 3 is 2.44 bits per heavy atom. The smallest absolute Gasteiger partial charge is 0.434 e. The summed E-state index contributed by atoms with van der Waals surface area (Å²) in [6.45, 7) is 2.16. The van der Waals surface area contributed by atoms with Crippen molar-refractivity contribution in [3.63, 3.8) is 0 Å². The number of halogens is 3. The van der Waals surface area contributed by atoms with Gasteiger partial charge in [0.25, 0.3) is 0 Å². The minimum Gasteiger partial charge on any atom is -0.434 e. The summed E-state index contributed by atoms with van der Waals surface area (Å²) in [4.78, 5) is 11.2. The van der Waals surface area contributed by atoms with Gasteiger partial charge in [0, 0.05) is 23.0 Å². The molecule has 1 aromatic rings. The van der Waals surface area contributed by atoms with E-state index in [0.717, 1.165) is 18.6 Å². The maximum absolute atomic E-state index is 13.4. The molecule has 0 aliphatic carbocycles. The van der Waals surface area contributed by atoms with E-state index in [1.54, 1.807) is 0 Å². The van der Waals surface area contributed by atoms with Gasteiger partial charge >= 0.3 is 6.16 Å². The van der Waals surface area contributed by atoms with Gasteiger partial charge in [-0.2, -0.15) is 0 Å². The summed E-state index contributed by atoms with van der Waals surface area (Å²) in [7, 11) is 0. The number of hydrogen-bond donors (Lipinski definition) is 0. The van der Waals surface area contributed by atoms with Gasteiger partial charge in [0.2, 0.25) is 0 Å². The van der Waals surface area contributed by atoms with E-state index in [9.17, 15) is 13.6 Å². The second kappa shape index (κ2) is 7.31. The van der Waals surface area contributed by atoms with E-state index >= 15 is 0 Å². The summed E-state index contributed by atoms with van der Waals surface area (Å²) >= 11 is 2.96. The average Bonchev–Trinajstić information content (AvgIpc) is 2.29. The fraction of sp³-hybridized carbons (Fsp3) is 0.417. The Hall–Kier alpha value is -1.17. The van der Waals surface area contributed by atoms with Crippen LogP contribution < -0.4 is 4.74 Å². The van der Waals surface area contributed by atoms with Crippen molar-refractivity contribution in [2.45, 2.75) is 25.1 Å². The van der Waals surface area contributed by atoms with Crippen LogP contribution in [0.25, 0.3) is 0 Å². The number of benzene rings is 1. The maximum atomic E-state index is 13.4. The van der Waals surface area contributed by atoms with Crippen LogP contribution in [0.4, 0.5) is 13.6 Å². The van der Waals surface area contributed by atoms with Crippen LogP contribution in [0.3, 0.4) is 0 Å². The van der Waals surface area contributed by atoms with Gasteiger partial charge in [-0.3, -0.25) is 0 Å². The minimum atomic E-state index is -0.964. The highest BCUT2D eigenvalue weighted by Crippen LogP contribution is 2.22. The molecule has 1 rings (SSSR count). The minimum absolute atomic E-state index is 0.0475. The van der Waals surface area contributed by atoms with Crippen molar-refractivity contribution in [2.24, 2.45) is 0 Å². The molecular weight excluding hydrogens is 310 g/mol. The van der Waals surface area contributed by atoms with Crippen molar-refractivity contribution in [3.05, 3.63) is 29.3 Å². The molecule has 0 atom stereocenters. The van der Waals surface area contributed by atoms with Crippen molar-refractivity contribution < 1.29 is 23.0 Å². The summed E-state index contributed by atoms with van der Waals surface area (Å²) < 4.78 is 36.1. The summed E-state index contributed by atoms with van der Waals surface area (Å²) in [5.41, 5.74) is -0.110. The van der Waals surface area contributed by atoms with Gasteiger partial charge in [0.05, 0.1) is 6.61 Å². The lowest BCUT2D eigenvalue weighted by Crippen LogP contribution is -2.12. The fourth-order valence-electron chi connectivity index (χ4n) is 1.19. The predicted molar refractivity (Wildman–Crippen MR) is 65.9 cm³/mol. The third-order valence-corrected chi connectivity index (χ3v) is 2.73. The Balaban J connectivity index is 2.65. The molecule has 1 aromatic carbocycles. The molecule has 0 saturated carbocycles. The van der Waals surface area contributed by atoms with Gasteiger partial charge in [-0.05, 0) is 6.42 Å². The lowest BCUT2D eigenvalue weighted by Gasteiger charge is -2.07. The highest BCUT2D eigenvalue weighted by Gasteiger charge is 2.13. The highest BCUT2D eigenvalue weighted by atomic mass is 79.9. The van der Waals surface area contributed by atoms with Gasteiger partial charge in [-0.25, -0.2) is 13.6 Å². The zero-order valence-corrected chi connectivity index (χ0v) is 11.4. The molecule has 0 heterocycles. The lowest BCUT2D eigenvalue weighted by molar-refractivity contribution is 0.0976. The fourth-order valence-corrected chi connectivity index (χ4v) is 1.73. The molecule has 0 unspecified atom stereocenters. The Bertz CT molecular complexity index is 401. The van der Waals surface area contributed by atoms with Crippen molar-refractivity contribution in [2.75, 3.05) is 6.61 Å².